The Morgan fingerprint density at radius 1 is 0.600 bits per heavy atom. The lowest BCUT2D eigenvalue weighted by atomic mass is 9.46. The molecule has 0 aromatic rings. The van der Waals surface area contributed by atoms with Crippen LogP contribution in [0.15, 0.2) is 0 Å². The molecule has 0 aromatic heterocycles. The van der Waals surface area contributed by atoms with Crippen LogP contribution in [0.1, 0.15) is 91.9 Å². The summed E-state index contributed by atoms with van der Waals surface area (Å²) in [6, 6.07) is 0. The molecule has 5 rings (SSSR count). The monoisotopic (exact) mass is 276 g/mol. The zero-order valence-corrected chi connectivity index (χ0v) is 14.4. The second-order valence-electron chi connectivity index (χ2n) is 9.85. The maximum absolute atomic E-state index is 2.53. The van der Waals surface area contributed by atoms with Crippen LogP contribution < -0.4 is 0 Å². The lowest BCUT2D eigenvalue weighted by Gasteiger charge is -2.59. The van der Waals surface area contributed by atoms with E-state index in [1.165, 1.54) is 32.1 Å². The fourth-order valence-electron chi connectivity index (χ4n) is 5.91. The van der Waals surface area contributed by atoms with Crippen molar-refractivity contribution >= 4 is 0 Å². The molecular weight excluding hydrogens is 240 g/mol. The molecule has 5 aliphatic rings. The van der Waals surface area contributed by atoms with Crippen LogP contribution in [0.5, 0.6) is 0 Å². The minimum absolute atomic E-state index is 0.679. The number of hydrogen-bond acceptors (Lipinski definition) is 0. The van der Waals surface area contributed by atoms with E-state index in [0.29, 0.717) is 10.8 Å². The molecule has 0 radical (unpaired) electrons. The molecule has 0 aliphatic heterocycles. The van der Waals surface area contributed by atoms with Crippen LogP contribution >= 0.6 is 0 Å². The summed E-state index contributed by atoms with van der Waals surface area (Å²) in [5.74, 6) is 4.46. The molecule has 0 nitrogen and oxygen atoms in total. The molecule has 5 aliphatic carbocycles. The minimum atomic E-state index is 0.679. The van der Waals surface area contributed by atoms with Crippen molar-refractivity contribution in [2.75, 3.05) is 0 Å². The topological polar surface area (TPSA) is 0 Å². The van der Waals surface area contributed by atoms with E-state index < -0.39 is 0 Å². The summed E-state index contributed by atoms with van der Waals surface area (Å²) < 4.78 is 0. The second-order valence-corrected chi connectivity index (χ2v) is 9.85. The van der Waals surface area contributed by atoms with E-state index in [1.54, 1.807) is 32.1 Å². The summed E-state index contributed by atoms with van der Waals surface area (Å²) in [5, 5.41) is 0. The van der Waals surface area contributed by atoms with E-state index in [0.717, 1.165) is 23.7 Å². The first-order chi connectivity index (χ1) is 9.37. The van der Waals surface area contributed by atoms with Crippen molar-refractivity contribution in [3.8, 4) is 0 Å². The van der Waals surface area contributed by atoms with Crippen LogP contribution in [-0.4, -0.2) is 0 Å². The van der Waals surface area contributed by atoms with Crippen molar-refractivity contribution in [3.05, 3.63) is 0 Å². The lowest BCUT2D eigenvalue weighted by molar-refractivity contribution is -0.0876. The van der Waals surface area contributed by atoms with Crippen molar-refractivity contribution in [1.29, 1.82) is 0 Å². The molecule has 0 aromatic carbocycles. The number of rotatable bonds is 0. The maximum Gasteiger partial charge on any atom is -0.0297 e. The van der Waals surface area contributed by atoms with Gasteiger partial charge in [0.25, 0.3) is 0 Å². The maximum atomic E-state index is 2.53. The highest BCUT2D eigenvalue weighted by Crippen LogP contribution is 2.61. The van der Waals surface area contributed by atoms with Crippen molar-refractivity contribution in [2.24, 2.45) is 34.5 Å². The molecule has 0 saturated heterocycles. The Morgan fingerprint density at radius 3 is 1.40 bits per heavy atom. The highest BCUT2D eigenvalue weighted by atomic mass is 14.6. The van der Waals surface area contributed by atoms with Crippen LogP contribution in [-0.2, 0) is 0 Å². The normalized spacial score (nSPS) is 43.8. The average Bonchev–Trinajstić information content (AvgIpc) is 2.36. The fourth-order valence-corrected chi connectivity index (χ4v) is 5.91. The molecular formula is C20H36. The standard InChI is InChI=1S/C12H20.C8H16/c1-12(2)10-4-8-3-9(6-10)7-11(12)5-8;1-8(2)6-4-3-5-7-8/h8-11H,3-7H2,1-2H3;3-7H2,1-2H3. The third-order valence-corrected chi connectivity index (χ3v) is 7.45. The summed E-state index contributed by atoms with van der Waals surface area (Å²) in [7, 11) is 0. The van der Waals surface area contributed by atoms with Gasteiger partial charge in [0.15, 0.2) is 0 Å². The molecule has 0 heterocycles. The predicted molar refractivity (Wildman–Crippen MR) is 87.7 cm³/mol. The highest BCUT2D eigenvalue weighted by Gasteiger charge is 2.52. The van der Waals surface area contributed by atoms with Gasteiger partial charge in [-0.3, -0.25) is 0 Å². The van der Waals surface area contributed by atoms with Gasteiger partial charge in [-0.05, 0) is 79.4 Å². The zero-order chi connectivity index (χ0) is 14.4. The quantitative estimate of drug-likeness (QED) is 0.477. The predicted octanol–water partition coefficient (Wildman–Crippen LogP) is 6.45. The molecule has 0 atom stereocenters. The van der Waals surface area contributed by atoms with Gasteiger partial charge in [0.1, 0.15) is 0 Å². The van der Waals surface area contributed by atoms with Gasteiger partial charge in [-0.15, -0.1) is 0 Å². The summed E-state index contributed by atoms with van der Waals surface area (Å²) in [4.78, 5) is 0. The van der Waals surface area contributed by atoms with Crippen LogP contribution in [0.4, 0.5) is 0 Å². The first kappa shape index (κ1) is 14.9. The minimum Gasteiger partial charge on any atom is -0.0599 e. The average molecular weight is 277 g/mol. The Labute approximate surface area is 127 Å². The molecule has 0 spiro atoms. The zero-order valence-electron chi connectivity index (χ0n) is 14.4. The highest BCUT2D eigenvalue weighted by molar-refractivity contribution is 5.02. The molecule has 5 fully saturated rings. The largest absolute Gasteiger partial charge is 0.0599 e. The molecule has 0 N–H and O–H groups in total. The van der Waals surface area contributed by atoms with E-state index in [9.17, 15) is 0 Å². The lowest BCUT2D eigenvalue weighted by Crippen LogP contribution is -2.49. The third kappa shape index (κ3) is 2.95. The molecule has 0 unspecified atom stereocenters. The third-order valence-electron chi connectivity index (χ3n) is 7.45. The van der Waals surface area contributed by atoms with Crippen LogP contribution in [0.3, 0.4) is 0 Å². The molecule has 0 amide bonds. The number of hydrogen-bond donors (Lipinski definition) is 0. The Morgan fingerprint density at radius 2 is 1.05 bits per heavy atom. The van der Waals surface area contributed by atoms with Crippen molar-refractivity contribution < 1.29 is 0 Å². The first-order valence-corrected chi connectivity index (χ1v) is 9.37. The van der Waals surface area contributed by atoms with Crippen molar-refractivity contribution in [1.82, 2.24) is 0 Å². The molecule has 20 heavy (non-hydrogen) atoms. The first-order valence-electron chi connectivity index (χ1n) is 9.37. The van der Waals surface area contributed by atoms with E-state index >= 15 is 0 Å². The SMILES string of the molecule is CC1(C)C2CC3CC(C2)CC1C3.CC1(C)CCCCC1. The van der Waals surface area contributed by atoms with Gasteiger partial charge >= 0.3 is 0 Å². The van der Waals surface area contributed by atoms with E-state index in [4.69, 9.17) is 0 Å². The van der Waals surface area contributed by atoms with Gasteiger partial charge in [0, 0.05) is 0 Å². The summed E-state index contributed by atoms with van der Waals surface area (Å²) in [5.41, 5.74) is 1.38. The van der Waals surface area contributed by atoms with Gasteiger partial charge in [-0.25, -0.2) is 0 Å². The second kappa shape index (κ2) is 5.33. The van der Waals surface area contributed by atoms with Crippen molar-refractivity contribution in [2.45, 2.75) is 91.9 Å². The molecule has 5 saturated carbocycles. The summed E-state index contributed by atoms with van der Waals surface area (Å²) in [6.07, 6.45) is 15.2. The Bertz CT molecular complexity index is 298. The Kier molecular flexibility index (Phi) is 3.97. The van der Waals surface area contributed by atoms with E-state index in [-0.39, 0.29) is 0 Å². The fraction of sp³-hybridized carbons (Fsp3) is 1.00. The molecule has 116 valence electrons. The van der Waals surface area contributed by atoms with Gasteiger partial charge in [-0.2, -0.15) is 0 Å². The Hall–Kier alpha value is 0. The van der Waals surface area contributed by atoms with Gasteiger partial charge in [0.2, 0.25) is 0 Å². The molecule has 4 bridgehead atoms. The van der Waals surface area contributed by atoms with Crippen LogP contribution in [0.25, 0.3) is 0 Å². The van der Waals surface area contributed by atoms with Gasteiger partial charge < -0.3 is 0 Å². The van der Waals surface area contributed by atoms with E-state index in [1.807, 2.05) is 0 Å². The van der Waals surface area contributed by atoms with Crippen molar-refractivity contribution in [3.63, 3.8) is 0 Å². The summed E-state index contributed by atoms with van der Waals surface area (Å²) >= 11 is 0. The van der Waals surface area contributed by atoms with Crippen LogP contribution in [0.2, 0.25) is 0 Å². The van der Waals surface area contributed by atoms with E-state index in [2.05, 4.69) is 27.7 Å². The smallest absolute Gasteiger partial charge is 0.0297 e. The van der Waals surface area contributed by atoms with Crippen LogP contribution in [0, 0.1) is 34.5 Å². The molecule has 0 heteroatoms. The van der Waals surface area contributed by atoms with Gasteiger partial charge in [0.05, 0.1) is 0 Å². The van der Waals surface area contributed by atoms with Gasteiger partial charge in [-0.1, -0.05) is 47.0 Å². The summed E-state index contributed by atoms with van der Waals surface area (Å²) in [6.45, 7) is 9.82. The Balaban J connectivity index is 0.000000133.